The van der Waals surface area contributed by atoms with Crippen LogP contribution in [0.15, 0.2) is 36.7 Å². The molecule has 1 aromatic carbocycles. The van der Waals surface area contributed by atoms with Crippen molar-refractivity contribution in [3.8, 4) is 5.75 Å². The third kappa shape index (κ3) is 2.97. The number of anilines is 1. The lowest BCUT2D eigenvalue weighted by atomic mass is 10.1. The number of rotatable bonds is 3. The first kappa shape index (κ1) is 16.0. The van der Waals surface area contributed by atoms with Crippen LogP contribution in [0.25, 0.3) is 0 Å². The summed E-state index contributed by atoms with van der Waals surface area (Å²) in [5.41, 5.74) is 1.30. The standard InChI is InChI=1S/C17H20N4O3/c1-12-9-21(14-4-6-15(24-3)7-5-14)16(22)11-20(12)17(23)13-8-18-19(2)10-13/h4-8,10,12H,9,11H2,1-3H3/t12-/m0/s1. The largest absolute Gasteiger partial charge is 0.497 e. The van der Waals surface area contributed by atoms with Gasteiger partial charge in [-0.2, -0.15) is 5.10 Å². The Kier molecular flexibility index (Phi) is 4.24. The van der Waals surface area contributed by atoms with Crippen LogP contribution in [-0.2, 0) is 11.8 Å². The molecule has 2 heterocycles. The van der Waals surface area contributed by atoms with E-state index in [0.717, 1.165) is 11.4 Å². The van der Waals surface area contributed by atoms with E-state index in [0.29, 0.717) is 12.1 Å². The predicted molar refractivity (Wildman–Crippen MR) is 89.1 cm³/mol. The molecule has 2 amide bonds. The third-order valence-corrected chi connectivity index (χ3v) is 4.18. The average molecular weight is 328 g/mol. The molecule has 1 saturated heterocycles. The van der Waals surface area contributed by atoms with E-state index in [1.807, 2.05) is 31.2 Å². The van der Waals surface area contributed by atoms with Gasteiger partial charge < -0.3 is 14.5 Å². The molecule has 2 aromatic rings. The van der Waals surface area contributed by atoms with Crippen molar-refractivity contribution >= 4 is 17.5 Å². The lowest BCUT2D eigenvalue weighted by Crippen LogP contribution is -2.57. The SMILES string of the molecule is COc1ccc(N2C[C@H](C)N(C(=O)c3cnn(C)c3)CC2=O)cc1. The summed E-state index contributed by atoms with van der Waals surface area (Å²) in [5.74, 6) is 0.471. The van der Waals surface area contributed by atoms with Crippen molar-refractivity contribution < 1.29 is 14.3 Å². The Bertz CT molecular complexity index is 753. The number of carbonyl (C=O) groups is 2. The van der Waals surface area contributed by atoms with Crippen LogP contribution in [0.5, 0.6) is 5.75 Å². The average Bonchev–Trinajstić information content (AvgIpc) is 3.02. The van der Waals surface area contributed by atoms with Gasteiger partial charge in [0.2, 0.25) is 5.91 Å². The molecule has 1 aromatic heterocycles. The van der Waals surface area contributed by atoms with Gasteiger partial charge in [-0.1, -0.05) is 0 Å². The van der Waals surface area contributed by atoms with E-state index in [9.17, 15) is 9.59 Å². The van der Waals surface area contributed by atoms with Crippen LogP contribution in [0.4, 0.5) is 5.69 Å². The molecule has 0 unspecified atom stereocenters. The van der Waals surface area contributed by atoms with Crippen LogP contribution in [0.2, 0.25) is 0 Å². The summed E-state index contributed by atoms with van der Waals surface area (Å²) >= 11 is 0. The van der Waals surface area contributed by atoms with Gasteiger partial charge in [-0.15, -0.1) is 0 Å². The second kappa shape index (κ2) is 6.35. The van der Waals surface area contributed by atoms with Crippen LogP contribution in [0, 0.1) is 0 Å². The first-order chi connectivity index (χ1) is 11.5. The summed E-state index contributed by atoms with van der Waals surface area (Å²) in [7, 11) is 3.36. The lowest BCUT2D eigenvalue weighted by Gasteiger charge is -2.39. The minimum absolute atomic E-state index is 0.0565. The van der Waals surface area contributed by atoms with Gasteiger partial charge in [0.25, 0.3) is 5.91 Å². The van der Waals surface area contributed by atoms with E-state index < -0.39 is 0 Å². The van der Waals surface area contributed by atoms with Crippen molar-refractivity contribution in [3.63, 3.8) is 0 Å². The normalized spacial score (nSPS) is 18.0. The van der Waals surface area contributed by atoms with Crippen molar-refractivity contribution in [1.29, 1.82) is 0 Å². The summed E-state index contributed by atoms with van der Waals surface area (Å²) in [4.78, 5) is 28.4. The summed E-state index contributed by atoms with van der Waals surface area (Å²) < 4.78 is 6.72. The molecule has 1 fully saturated rings. The summed E-state index contributed by atoms with van der Waals surface area (Å²) in [6.45, 7) is 2.45. The van der Waals surface area contributed by atoms with E-state index in [1.165, 1.54) is 6.20 Å². The van der Waals surface area contributed by atoms with E-state index in [1.54, 1.807) is 34.8 Å². The van der Waals surface area contributed by atoms with Crippen molar-refractivity contribution in [1.82, 2.24) is 14.7 Å². The fourth-order valence-electron chi connectivity index (χ4n) is 2.83. The number of ether oxygens (including phenoxy) is 1. The van der Waals surface area contributed by atoms with Gasteiger partial charge in [-0.05, 0) is 31.2 Å². The van der Waals surface area contributed by atoms with Crippen LogP contribution in [0.3, 0.4) is 0 Å². The zero-order valence-electron chi connectivity index (χ0n) is 14.0. The Morgan fingerprint density at radius 1 is 1.29 bits per heavy atom. The first-order valence-electron chi connectivity index (χ1n) is 7.73. The molecular formula is C17H20N4O3. The van der Waals surface area contributed by atoms with Crippen LogP contribution in [0.1, 0.15) is 17.3 Å². The van der Waals surface area contributed by atoms with E-state index in [2.05, 4.69) is 5.10 Å². The number of nitrogens with zero attached hydrogens (tertiary/aromatic N) is 4. The third-order valence-electron chi connectivity index (χ3n) is 4.18. The Morgan fingerprint density at radius 2 is 2.00 bits per heavy atom. The highest BCUT2D eigenvalue weighted by Gasteiger charge is 2.34. The maximum absolute atomic E-state index is 12.6. The quantitative estimate of drug-likeness (QED) is 0.852. The predicted octanol–water partition coefficient (Wildman–Crippen LogP) is 1.31. The summed E-state index contributed by atoms with van der Waals surface area (Å²) in [6, 6.07) is 7.25. The molecule has 7 nitrogen and oxygen atoms in total. The number of piperazine rings is 1. The Labute approximate surface area is 140 Å². The second-order valence-corrected chi connectivity index (χ2v) is 5.89. The molecule has 1 aliphatic heterocycles. The Morgan fingerprint density at radius 3 is 2.58 bits per heavy atom. The fraction of sp³-hybridized carbons (Fsp3) is 0.353. The number of hydrogen-bond donors (Lipinski definition) is 0. The zero-order valence-corrected chi connectivity index (χ0v) is 14.0. The molecule has 0 saturated carbocycles. The highest BCUT2D eigenvalue weighted by atomic mass is 16.5. The molecule has 0 N–H and O–H groups in total. The highest BCUT2D eigenvalue weighted by Crippen LogP contribution is 2.23. The number of aryl methyl sites for hydroxylation is 1. The minimum Gasteiger partial charge on any atom is -0.497 e. The van der Waals surface area contributed by atoms with E-state index in [4.69, 9.17) is 4.74 Å². The second-order valence-electron chi connectivity index (χ2n) is 5.89. The molecule has 0 aliphatic carbocycles. The Balaban J connectivity index is 1.76. The smallest absolute Gasteiger partial charge is 0.257 e. The van der Waals surface area contributed by atoms with Gasteiger partial charge in [0.05, 0.1) is 18.9 Å². The highest BCUT2D eigenvalue weighted by molar-refractivity contribution is 6.01. The molecular weight excluding hydrogens is 308 g/mol. The number of aromatic nitrogens is 2. The molecule has 126 valence electrons. The first-order valence-corrected chi connectivity index (χ1v) is 7.73. The molecule has 7 heteroatoms. The van der Waals surface area contributed by atoms with Crippen molar-refractivity contribution in [2.45, 2.75) is 13.0 Å². The van der Waals surface area contributed by atoms with Crippen molar-refractivity contribution in [2.75, 3.05) is 25.1 Å². The zero-order chi connectivity index (χ0) is 17.3. The Hall–Kier alpha value is -2.83. The van der Waals surface area contributed by atoms with Gasteiger partial charge in [-0.25, -0.2) is 0 Å². The molecule has 0 radical (unpaired) electrons. The van der Waals surface area contributed by atoms with E-state index in [-0.39, 0.29) is 24.4 Å². The molecule has 0 spiro atoms. The number of hydrogen-bond acceptors (Lipinski definition) is 4. The number of carbonyl (C=O) groups excluding carboxylic acids is 2. The van der Waals surface area contributed by atoms with Crippen molar-refractivity contribution in [2.24, 2.45) is 7.05 Å². The van der Waals surface area contributed by atoms with Crippen LogP contribution >= 0.6 is 0 Å². The lowest BCUT2D eigenvalue weighted by molar-refractivity contribution is -0.121. The molecule has 3 rings (SSSR count). The van der Waals surface area contributed by atoms with Gasteiger partial charge in [0.15, 0.2) is 0 Å². The number of amides is 2. The summed E-state index contributed by atoms with van der Waals surface area (Å²) in [5, 5.41) is 4.02. The minimum atomic E-state index is -0.168. The van der Waals surface area contributed by atoms with Gasteiger partial charge in [0, 0.05) is 31.5 Å². The maximum atomic E-state index is 12.6. The van der Waals surface area contributed by atoms with Gasteiger partial charge >= 0.3 is 0 Å². The molecule has 1 atom stereocenters. The van der Waals surface area contributed by atoms with Gasteiger partial charge in [-0.3, -0.25) is 14.3 Å². The van der Waals surface area contributed by atoms with Crippen LogP contribution in [-0.4, -0.2) is 52.7 Å². The van der Waals surface area contributed by atoms with E-state index >= 15 is 0 Å². The van der Waals surface area contributed by atoms with Crippen LogP contribution < -0.4 is 9.64 Å². The fourth-order valence-corrected chi connectivity index (χ4v) is 2.83. The molecule has 0 bridgehead atoms. The van der Waals surface area contributed by atoms with Crippen molar-refractivity contribution in [3.05, 3.63) is 42.2 Å². The van der Waals surface area contributed by atoms with Gasteiger partial charge in [0.1, 0.15) is 12.3 Å². The summed E-state index contributed by atoms with van der Waals surface area (Å²) in [6.07, 6.45) is 3.19. The number of benzene rings is 1. The maximum Gasteiger partial charge on any atom is 0.257 e. The molecule has 24 heavy (non-hydrogen) atoms. The monoisotopic (exact) mass is 328 g/mol. The molecule has 1 aliphatic rings. The topological polar surface area (TPSA) is 67.7 Å². The number of methoxy groups -OCH3 is 1.